The summed E-state index contributed by atoms with van der Waals surface area (Å²) in [4.78, 5) is 15.0. The summed E-state index contributed by atoms with van der Waals surface area (Å²) in [5, 5.41) is 3.99. The maximum absolute atomic E-state index is 13.1. The third-order valence-electron chi connectivity index (χ3n) is 5.28. The number of methoxy groups -OCH3 is 3. The Labute approximate surface area is 158 Å². The van der Waals surface area contributed by atoms with Crippen LogP contribution in [-0.4, -0.2) is 38.7 Å². The van der Waals surface area contributed by atoms with Gasteiger partial charge in [-0.3, -0.25) is 4.79 Å². The largest absolute Gasteiger partial charge is 0.497 e. The van der Waals surface area contributed by atoms with Crippen LogP contribution in [0.15, 0.2) is 30.3 Å². The van der Waals surface area contributed by atoms with Crippen molar-refractivity contribution < 1.29 is 19.0 Å². The topological polar surface area (TPSA) is 48.0 Å². The summed E-state index contributed by atoms with van der Waals surface area (Å²) < 4.78 is 16.5. The van der Waals surface area contributed by atoms with Gasteiger partial charge in [-0.25, -0.2) is 0 Å². The molecule has 0 saturated heterocycles. The van der Waals surface area contributed by atoms with Gasteiger partial charge in [0, 0.05) is 13.1 Å². The first-order valence-corrected chi connectivity index (χ1v) is 9.10. The predicted molar refractivity (Wildman–Crippen MR) is 106 cm³/mol. The van der Waals surface area contributed by atoms with Crippen LogP contribution in [0.5, 0.6) is 17.2 Å². The lowest BCUT2D eigenvalue weighted by atomic mass is 9.92. The van der Waals surface area contributed by atoms with Gasteiger partial charge in [0.15, 0.2) is 11.5 Å². The van der Waals surface area contributed by atoms with Crippen LogP contribution in [0, 0.1) is 0 Å². The Balaban J connectivity index is 2.13. The zero-order valence-electron chi connectivity index (χ0n) is 16.1. The minimum Gasteiger partial charge on any atom is -0.497 e. The quantitative estimate of drug-likeness (QED) is 0.630. The van der Waals surface area contributed by atoms with Gasteiger partial charge in [0.2, 0.25) is 0 Å². The first-order valence-electron chi connectivity index (χ1n) is 9.10. The minimum absolute atomic E-state index is 0.0960. The SMILES string of the molecule is CCCN1Cc2c(c3ccc(OC)cc3c3cc(OC)c(OC)cc23)C1=O. The van der Waals surface area contributed by atoms with Crippen molar-refractivity contribution in [2.75, 3.05) is 27.9 Å². The van der Waals surface area contributed by atoms with Gasteiger partial charge in [0.05, 0.1) is 26.9 Å². The van der Waals surface area contributed by atoms with Crippen LogP contribution in [0.2, 0.25) is 0 Å². The molecule has 140 valence electrons. The van der Waals surface area contributed by atoms with E-state index in [1.54, 1.807) is 21.3 Å². The Kier molecular flexibility index (Phi) is 4.30. The monoisotopic (exact) mass is 365 g/mol. The Bertz CT molecular complexity index is 1060. The lowest BCUT2D eigenvalue weighted by molar-refractivity contribution is 0.0780. The molecule has 0 aromatic heterocycles. The highest BCUT2D eigenvalue weighted by Gasteiger charge is 2.31. The third kappa shape index (κ3) is 2.57. The number of carbonyl (C=O) groups excluding carboxylic acids is 1. The van der Waals surface area contributed by atoms with E-state index in [-0.39, 0.29) is 5.91 Å². The molecule has 4 rings (SSSR count). The minimum atomic E-state index is 0.0960. The molecule has 0 saturated carbocycles. The molecule has 0 atom stereocenters. The summed E-state index contributed by atoms with van der Waals surface area (Å²) in [6.45, 7) is 3.46. The van der Waals surface area contributed by atoms with E-state index in [1.807, 2.05) is 35.2 Å². The van der Waals surface area contributed by atoms with Gasteiger partial charge in [-0.15, -0.1) is 0 Å². The number of hydrogen-bond donors (Lipinski definition) is 0. The van der Waals surface area contributed by atoms with E-state index in [2.05, 4.69) is 6.92 Å². The summed E-state index contributed by atoms with van der Waals surface area (Å²) in [5.41, 5.74) is 1.85. The normalized spacial score (nSPS) is 13.3. The van der Waals surface area contributed by atoms with E-state index in [4.69, 9.17) is 14.2 Å². The zero-order valence-corrected chi connectivity index (χ0v) is 16.1. The van der Waals surface area contributed by atoms with Crippen LogP contribution in [0.1, 0.15) is 29.3 Å². The Morgan fingerprint density at radius 2 is 1.56 bits per heavy atom. The van der Waals surface area contributed by atoms with Gasteiger partial charge < -0.3 is 19.1 Å². The fourth-order valence-electron chi connectivity index (χ4n) is 4.02. The number of ether oxygens (including phenoxy) is 3. The molecule has 0 bridgehead atoms. The highest BCUT2D eigenvalue weighted by atomic mass is 16.5. The van der Waals surface area contributed by atoms with Gasteiger partial charge in [-0.2, -0.15) is 0 Å². The molecule has 0 fully saturated rings. The summed E-state index contributed by atoms with van der Waals surface area (Å²) >= 11 is 0. The van der Waals surface area contributed by atoms with Crippen molar-refractivity contribution in [1.82, 2.24) is 4.90 Å². The van der Waals surface area contributed by atoms with E-state index in [0.29, 0.717) is 18.0 Å². The molecule has 5 nitrogen and oxygen atoms in total. The van der Waals surface area contributed by atoms with E-state index < -0.39 is 0 Å². The molecule has 3 aromatic rings. The molecule has 0 radical (unpaired) electrons. The number of nitrogens with zero attached hydrogens (tertiary/aromatic N) is 1. The Morgan fingerprint density at radius 3 is 2.19 bits per heavy atom. The highest BCUT2D eigenvalue weighted by molar-refractivity contribution is 6.21. The molecule has 0 N–H and O–H groups in total. The number of fused-ring (bicyclic) bond motifs is 6. The summed E-state index contributed by atoms with van der Waals surface area (Å²) in [6.07, 6.45) is 0.931. The molecule has 1 aliphatic rings. The molecule has 1 aliphatic heterocycles. The maximum atomic E-state index is 13.1. The van der Waals surface area contributed by atoms with Gasteiger partial charge in [0.1, 0.15) is 5.75 Å². The first-order chi connectivity index (χ1) is 13.1. The van der Waals surface area contributed by atoms with E-state index in [0.717, 1.165) is 51.4 Å². The molecule has 0 unspecified atom stereocenters. The molecule has 5 heteroatoms. The van der Waals surface area contributed by atoms with Crippen LogP contribution in [0.25, 0.3) is 21.5 Å². The second-order valence-corrected chi connectivity index (χ2v) is 6.74. The van der Waals surface area contributed by atoms with Crippen molar-refractivity contribution in [2.24, 2.45) is 0 Å². The lowest BCUT2D eigenvalue weighted by Crippen LogP contribution is -2.24. The van der Waals surface area contributed by atoms with Crippen LogP contribution in [-0.2, 0) is 6.54 Å². The third-order valence-corrected chi connectivity index (χ3v) is 5.28. The van der Waals surface area contributed by atoms with Gasteiger partial charge >= 0.3 is 0 Å². The molecule has 0 aliphatic carbocycles. The lowest BCUT2D eigenvalue weighted by Gasteiger charge is -2.15. The van der Waals surface area contributed by atoms with Crippen molar-refractivity contribution in [1.29, 1.82) is 0 Å². The molecule has 3 aromatic carbocycles. The van der Waals surface area contributed by atoms with Gasteiger partial charge in [-0.1, -0.05) is 6.92 Å². The van der Waals surface area contributed by atoms with Gasteiger partial charge in [-0.05, 0) is 63.9 Å². The van der Waals surface area contributed by atoms with E-state index in [1.165, 1.54) is 0 Å². The average Bonchev–Trinajstić information content (AvgIpc) is 3.03. The Hall–Kier alpha value is -2.95. The summed E-state index contributed by atoms with van der Waals surface area (Å²) in [5.74, 6) is 2.19. The van der Waals surface area contributed by atoms with Crippen molar-refractivity contribution in [2.45, 2.75) is 19.9 Å². The number of rotatable bonds is 5. The van der Waals surface area contributed by atoms with Crippen molar-refractivity contribution in [3.05, 3.63) is 41.5 Å². The fraction of sp³-hybridized carbons (Fsp3) is 0.318. The number of benzene rings is 3. The van der Waals surface area contributed by atoms with E-state index >= 15 is 0 Å². The van der Waals surface area contributed by atoms with Gasteiger partial charge in [0.25, 0.3) is 5.91 Å². The second-order valence-electron chi connectivity index (χ2n) is 6.74. The molecule has 1 heterocycles. The predicted octanol–water partition coefficient (Wildman–Crippen LogP) is 4.38. The highest BCUT2D eigenvalue weighted by Crippen LogP contribution is 2.43. The van der Waals surface area contributed by atoms with Crippen LogP contribution < -0.4 is 14.2 Å². The van der Waals surface area contributed by atoms with Crippen LogP contribution in [0.4, 0.5) is 0 Å². The fourth-order valence-corrected chi connectivity index (χ4v) is 4.02. The standard InChI is InChI=1S/C22H23NO4/c1-5-8-23-12-18-17-11-20(27-4)19(26-3)10-16(17)15-9-13(25-2)6-7-14(15)21(18)22(23)24/h6-7,9-11H,5,8,12H2,1-4H3. The number of amides is 1. The first kappa shape index (κ1) is 17.5. The van der Waals surface area contributed by atoms with E-state index in [9.17, 15) is 4.79 Å². The molecule has 1 amide bonds. The maximum Gasteiger partial charge on any atom is 0.255 e. The average molecular weight is 365 g/mol. The molecular formula is C22H23NO4. The zero-order chi connectivity index (χ0) is 19.1. The molecule has 27 heavy (non-hydrogen) atoms. The second kappa shape index (κ2) is 6.65. The summed E-state index contributed by atoms with van der Waals surface area (Å²) in [7, 11) is 4.91. The van der Waals surface area contributed by atoms with Crippen LogP contribution >= 0.6 is 0 Å². The van der Waals surface area contributed by atoms with Crippen molar-refractivity contribution >= 4 is 27.5 Å². The summed E-state index contributed by atoms with van der Waals surface area (Å²) in [6, 6.07) is 9.85. The smallest absolute Gasteiger partial charge is 0.255 e. The van der Waals surface area contributed by atoms with Crippen LogP contribution in [0.3, 0.4) is 0 Å². The molecule has 0 spiro atoms. The van der Waals surface area contributed by atoms with Crippen molar-refractivity contribution in [3.8, 4) is 17.2 Å². The molecular weight excluding hydrogens is 342 g/mol. The van der Waals surface area contributed by atoms with Crippen molar-refractivity contribution in [3.63, 3.8) is 0 Å². The Morgan fingerprint density at radius 1 is 0.889 bits per heavy atom. The number of hydrogen-bond acceptors (Lipinski definition) is 4. The number of carbonyl (C=O) groups is 1.